The molecule has 0 fully saturated rings. The van der Waals surface area contributed by atoms with E-state index in [0.717, 1.165) is 17.6 Å². The van der Waals surface area contributed by atoms with Crippen LogP contribution in [-0.4, -0.2) is 38.2 Å². The summed E-state index contributed by atoms with van der Waals surface area (Å²) in [5.41, 5.74) is 0.626. The molecule has 24 heavy (non-hydrogen) atoms. The van der Waals surface area contributed by atoms with Gasteiger partial charge in [-0.2, -0.15) is 4.99 Å². The summed E-state index contributed by atoms with van der Waals surface area (Å²) >= 11 is 1.16. The van der Waals surface area contributed by atoms with Crippen molar-refractivity contribution >= 4 is 43.3 Å². The fourth-order valence-electron chi connectivity index (χ4n) is 2.09. The van der Waals surface area contributed by atoms with E-state index in [9.17, 15) is 18.0 Å². The minimum Gasteiger partial charge on any atom is -0.468 e. The Morgan fingerprint density at radius 1 is 1.33 bits per heavy atom. The zero-order valence-corrected chi connectivity index (χ0v) is 15.2. The Morgan fingerprint density at radius 3 is 2.62 bits per heavy atom. The summed E-state index contributed by atoms with van der Waals surface area (Å²) in [5.74, 6) is -0.766. The topological polar surface area (TPSA) is 94.8 Å². The Balaban J connectivity index is 2.68. The van der Waals surface area contributed by atoms with Crippen LogP contribution in [0.5, 0.6) is 0 Å². The number of sulfone groups is 1. The first-order chi connectivity index (χ1) is 11.3. The summed E-state index contributed by atoms with van der Waals surface area (Å²) in [5, 5.41) is 0. The second-order valence-electron chi connectivity index (χ2n) is 5.20. The standard InChI is InChI=1S/C15H18N2O5S2/c1-4-5-13(18)16-15-17(9-14(19)22-2)11-7-6-10(24(3,20)21)8-12(11)23-15/h6-8H,4-5,9H2,1-3H3. The molecule has 0 saturated heterocycles. The van der Waals surface area contributed by atoms with Crippen molar-refractivity contribution in [3.8, 4) is 0 Å². The lowest BCUT2D eigenvalue weighted by atomic mass is 10.3. The number of benzene rings is 1. The average Bonchev–Trinajstić information content (AvgIpc) is 2.83. The van der Waals surface area contributed by atoms with E-state index in [1.54, 1.807) is 10.6 Å². The van der Waals surface area contributed by atoms with Crippen molar-refractivity contribution < 1.29 is 22.7 Å². The van der Waals surface area contributed by atoms with Crippen LogP contribution in [0.2, 0.25) is 0 Å². The number of hydrogen-bond donors (Lipinski definition) is 0. The average molecular weight is 370 g/mol. The maximum absolute atomic E-state index is 11.8. The highest BCUT2D eigenvalue weighted by molar-refractivity contribution is 7.90. The summed E-state index contributed by atoms with van der Waals surface area (Å²) in [7, 11) is -2.07. The molecule has 1 aromatic heterocycles. The van der Waals surface area contributed by atoms with Gasteiger partial charge in [-0.3, -0.25) is 9.59 Å². The van der Waals surface area contributed by atoms with Crippen molar-refractivity contribution in [3.05, 3.63) is 23.0 Å². The molecule has 2 rings (SSSR count). The highest BCUT2D eigenvalue weighted by Gasteiger charge is 2.14. The third-order valence-corrected chi connectivity index (χ3v) is 5.43. The van der Waals surface area contributed by atoms with Gasteiger partial charge in [-0.05, 0) is 24.6 Å². The Morgan fingerprint density at radius 2 is 2.04 bits per heavy atom. The number of ether oxygens (including phenoxy) is 1. The summed E-state index contributed by atoms with van der Waals surface area (Å²) in [4.78, 5) is 28.1. The van der Waals surface area contributed by atoms with Gasteiger partial charge in [0.1, 0.15) is 6.54 Å². The van der Waals surface area contributed by atoms with Gasteiger partial charge in [0, 0.05) is 12.7 Å². The molecule has 0 aliphatic heterocycles. The normalized spacial score (nSPS) is 12.5. The van der Waals surface area contributed by atoms with E-state index in [4.69, 9.17) is 0 Å². The maximum Gasteiger partial charge on any atom is 0.325 e. The predicted octanol–water partition coefficient (Wildman–Crippen LogP) is 1.51. The molecule has 0 atom stereocenters. The first-order valence-electron chi connectivity index (χ1n) is 7.24. The number of amides is 1. The van der Waals surface area contributed by atoms with Gasteiger partial charge in [-0.25, -0.2) is 8.42 Å². The Bertz CT molecular complexity index is 954. The molecule has 2 aromatic rings. The van der Waals surface area contributed by atoms with E-state index < -0.39 is 15.8 Å². The SMILES string of the molecule is CCCC(=O)N=c1sc2cc(S(C)(=O)=O)ccc2n1CC(=O)OC. The Kier molecular flexibility index (Phi) is 5.55. The van der Waals surface area contributed by atoms with Gasteiger partial charge in [0.05, 0.1) is 22.2 Å². The van der Waals surface area contributed by atoms with Gasteiger partial charge in [0.25, 0.3) is 0 Å². The third-order valence-electron chi connectivity index (χ3n) is 3.28. The molecular weight excluding hydrogens is 352 g/mol. The first-order valence-corrected chi connectivity index (χ1v) is 9.95. The van der Waals surface area contributed by atoms with Gasteiger partial charge in [-0.15, -0.1) is 0 Å². The summed E-state index contributed by atoms with van der Waals surface area (Å²) < 4.78 is 30.3. The zero-order chi connectivity index (χ0) is 17.9. The van der Waals surface area contributed by atoms with Gasteiger partial charge in [0.2, 0.25) is 5.91 Å². The molecule has 7 nitrogen and oxygen atoms in total. The molecule has 9 heteroatoms. The Hall–Kier alpha value is -2.00. The quantitative estimate of drug-likeness (QED) is 0.744. The minimum absolute atomic E-state index is 0.104. The van der Waals surface area contributed by atoms with E-state index in [1.165, 1.54) is 19.2 Å². The van der Waals surface area contributed by atoms with Crippen molar-refractivity contribution in [3.63, 3.8) is 0 Å². The summed E-state index contributed by atoms with van der Waals surface area (Å²) in [6.07, 6.45) is 2.10. The molecule has 1 aromatic carbocycles. The van der Waals surface area contributed by atoms with Gasteiger partial charge < -0.3 is 9.30 Å². The lowest BCUT2D eigenvalue weighted by Gasteiger charge is -2.04. The molecule has 0 bridgehead atoms. The molecule has 0 radical (unpaired) electrons. The van der Waals surface area contributed by atoms with Crippen LogP contribution in [0.15, 0.2) is 28.1 Å². The van der Waals surface area contributed by atoms with Crippen molar-refractivity contribution in [2.45, 2.75) is 31.2 Å². The number of carbonyl (C=O) groups excluding carboxylic acids is 2. The number of aromatic nitrogens is 1. The summed E-state index contributed by atoms with van der Waals surface area (Å²) in [6, 6.07) is 4.59. The molecular formula is C15H18N2O5S2. The van der Waals surface area contributed by atoms with Crippen molar-refractivity contribution in [1.29, 1.82) is 0 Å². The van der Waals surface area contributed by atoms with Gasteiger partial charge in [-0.1, -0.05) is 18.3 Å². The number of carbonyl (C=O) groups is 2. The Labute approximate surface area is 143 Å². The highest BCUT2D eigenvalue weighted by Crippen LogP contribution is 2.22. The first kappa shape index (κ1) is 18.3. The number of thiazole rings is 1. The molecule has 0 saturated carbocycles. The van der Waals surface area contributed by atoms with Crippen molar-refractivity contribution in [2.75, 3.05) is 13.4 Å². The second-order valence-corrected chi connectivity index (χ2v) is 8.23. The van der Waals surface area contributed by atoms with Crippen LogP contribution in [0.4, 0.5) is 0 Å². The molecule has 0 aliphatic rings. The highest BCUT2D eigenvalue weighted by atomic mass is 32.2. The number of fused-ring (bicyclic) bond motifs is 1. The number of esters is 1. The maximum atomic E-state index is 11.8. The van der Waals surface area contributed by atoms with Crippen LogP contribution < -0.4 is 4.80 Å². The molecule has 1 amide bonds. The van der Waals surface area contributed by atoms with E-state index >= 15 is 0 Å². The number of hydrogen-bond acceptors (Lipinski definition) is 6. The molecule has 0 spiro atoms. The largest absolute Gasteiger partial charge is 0.468 e. The van der Waals surface area contributed by atoms with E-state index in [2.05, 4.69) is 9.73 Å². The molecule has 0 aliphatic carbocycles. The van der Waals surface area contributed by atoms with E-state index in [0.29, 0.717) is 27.9 Å². The van der Waals surface area contributed by atoms with Crippen molar-refractivity contribution in [1.82, 2.24) is 4.57 Å². The van der Waals surface area contributed by atoms with Crippen LogP contribution in [0, 0.1) is 0 Å². The van der Waals surface area contributed by atoms with Gasteiger partial charge in [0.15, 0.2) is 14.6 Å². The van der Waals surface area contributed by atoms with Crippen molar-refractivity contribution in [2.24, 2.45) is 4.99 Å². The smallest absolute Gasteiger partial charge is 0.325 e. The summed E-state index contributed by atoms with van der Waals surface area (Å²) in [6.45, 7) is 1.77. The predicted molar refractivity (Wildman–Crippen MR) is 90.4 cm³/mol. The van der Waals surface area contributed by atoms with Crippen LogP contribution in [0.1, 0.15) is 19.8 Å². The number of rotatable bonds is 5. The number of methoxy groups -OCH3 is 1. The molecule has 130 valence electrons. The fourth-order valence-corrected chi connectivity index (χ4v) is 3.90. The monoisotopic (exact) mass is 370 g/mol. The van der Waals surface area contributed by atoms with Crippen LogP contribution in [-0.2, 0) is 30.7 Å². The number of nitrogens with zero attached hydrogens (tertiary/aromatic N) is 2. The van der Waals surface area contributed by atoms with E-state index in [1.807, 2.05) is 6.92 Å². The molecule has 0 unspecified atom stereocenters. The van der Waals surface area contributed by atoms with Gasteiger partial charge >= 0.3 is 5.97 Å². The van der Waals surface area contributed by atoms with Crippen LogP contribution >= 0.6 is 11.3 Å². The molecule has 0 N–H and O–H groups in total. The lowest BCUT2D eigenvalue weighted by molar-refractivity contribution is -0.141. The van der Waals surface area contributed by atoms with Crippen LogP contribution in [0.25, 0.3) is 10.2 Å². The van der Waals surface area contributed by atoms with Crippen LogP contribution in [0.3, 0.4) is 0 Å². The third kappa shape index (κ3) is 4.09. The second kappa shape index (κ2) is 7.27. The fraction of sp³-hybridized carbons (Fsp3) is 0.400. The van der Waals surface area contributed by atoms with E-state index in [-0.39, 0.29) is 17.3 Å². The minimum atomic E-state index is -3.35. The molecule has 1 heterocycles. The zero-order valence-electron chi connectivity index (χ0n) is 13.6. The lowest BCUT2D eigenvalue weighted by Crippen LogP contribution is -2.22.